The largest absolute Gasteiger partial charge is 0.364 e. The summed E-state index contributed by atoms with van der Waals surface area (Å²) in [5, 5.41) is 13.7. The van der Waals surface area contributed by atoms with E-state index in [9.17, 15) is 24.0 Å². The maximum absolute atomic E-state index is 12.8. The molecule has 3 aromatic rings. The maximum atomic E-state index is 12.8. The number of primary amides is 1. The summed E-state index contributed by atoms with van der Waals surface area (Å²) in [6.07, 6.45) is 21.6. The van der Waals surface area contributed by atoms with Crippen LogP contribution in [0.3, 0.4) is 0 Å². The fourth-order valence-electron chi connectivity index (χ4n) is 8.52. The number of amides is 5. The van der Waals surface area contributed by atoms with Gasteiger partial charge in [0.1, 0.15) is 6.04 Å². The topological polar surface area (TPSA) is 187 Å². The first-order valence-corrected chi connectivity index (χ1v) is 20.8. The minimum absolute atomic E-state index is 0.0682. The molecule has 1 aliphatic carbocycles. The molecule has 6 heterocycles. The fraction of sp³-hybridized carbons (Fsp3) is 0.409. The van der Waals surface area contributed by atoms with Gasteiger partial charge in [-0.3, -0.25) is 34.2 Å². The molecule has 5 aliphatic heterocycles. The van der Waals surface area contributed by atoms with Crippen LogP contribution in [0.2, 0.25) is 0 Å². The third kappa shape index (κ3) is 8.94. The lowest BCUT2D eigenvalue weighted by molar-refractivity contribution is -0.136. The number of carbonyl (C=O) groups excluding carboxylic acids is 5. The highest BCUT2D eigenvalue weighted by Gasteiger charge is 2.44. The van der Waals surface area contributed by atoms with E-state index in [-0.39, 0.29) is 29.7 Å². The molecule has 1 saturated carbocycles. The van der Waals surface area contributed by atoms with Crippen molar-refractivity contribution in [2.75, 3.05) is 47.8 Å². The smallest absolute Gasteiger partial charge is 0.273 e. The molecule has 1 aromatic heterocycles. The number of anilines is 4. The second-order valence-electron chi connectivity index (χ2n) is 16.0. The molecule has 1 atom stereocenters. The van der Waals surface area contributed by atoms with E-state index in [1.165, 1.54) is 63.7 Å². The Hall–Kier alpha value is -6.22. The third-order valence-corrected chi connectivity index (χ3v) is 12.1. The van der Waals surface area contributed by atoms with Crippen molar-refractivity contribution in [3.8, 4) is 0 Å². The number of hydrogen-bond acceptors (Lipinski definition) is 12. The summed E-state index contributed by atoms with van der Waals surface area (Å²) in [5.74, 6) is -0.167. The fourth-order valence-corrected chi connectivity index (χ4v) is 8.52. The highest BCUT2D eigenvalue weighted by molar-refractivity contribution is 6.23. The molecule has 15 heteroatoms. The van der Waals surface area contributed by atoms with Gasteiger partial charge in [-0.1, -0.05) is 30.7 Å². The van der Waals surface area contributed by atoms with Gasteiger partial charge in [-0.05, 0) is 124 Å². The molecule has 59 heavy (non-hydrogen) atoms. The van der Waals surface area contributed by atoms with E-state index in [1.807, 2.05) is 41.6 Å². The van der Waals surface area contributed by atoms with E-state index < -0.39 is 35.6 Å². The van der Waals surface area contributed by atoms with Crippen LogP contribution in [0.25, 0.3) is 0 Å². The van der Waals surface area contributed by atoms with Crippen molar-refractivity contribution < 1.29 is 24.0 Å². The Kier molecular flexibility index (Phi) is 11.9. The standard InChI is InChI=1S/C25H35N7O.C19H15N3O4/c26-23(33)22-24(28-25(30-29-22)32-13-2-1-3-14-32)27-21-9-7-19(8-10-21)20-11-15-31(16-12-20)17-18-5-4-6-18;23-16-8-7-15(17(24)20-16)22-18(25)13-6-5-12(11-14(13)19(22)26)21-9-3-1-2-4-10-21/h7-10,18,20H,1-6,11-17H2,(H2,26,33)(H,27,28,30);1-6,9-11,15H,7-8H2,(H,20,23,24). The lowest BCUT2D eigenvalue weighted by Crippen LogP contribution is -2.54. The Labute approximate surface area is 343 Å². The third-order valence-electron chi connectivity index (χ3n) is 12.1. The Bertz CT molecular complexity index is 2170. The number of likely N-dealkylation sites (tertiary alicyclic amines) is 1. The van der Waals surface area contributed by atoms with Gasteiger partial charge in [-0.2, -0.15) is 4.98 Å². The first-order valence-electron chi connectivity index (χ1n) is 20.8. The molecule has 4 N–H and O–H groups in total. The number of nitrogens with two attached hydrogens (primary N) is 1. The van der Waals surface area contributed by atoms with Gasteiger partial charge >= 0.3 is 0 Å². The number of allylic oxidation sites excluding steroid dienone is 4. The van der Waals surface area contributed by atoms with Gasteiger partial charge in [0.05, 0.1) is 11.1 Å². The minimum atomic E-state index is -0.953. The Morgan fingerprint density at radius 2 is 1.49 bits per heavy atom. The number of nitrogens with zero attached hydrogens (tertiary/aromatic N) is 7. The molecule has 5 amide bonds. The number of rotatable bonds is 9. The van der Waals surface area contributed by atoms with Gasteiger partial charge in [0.25, 0.3) is 17.7 Å². The predicted molar refractivity (Wildman–Crippen MR) is 223 cm³/mol. The molecular formula is C44H50N10O5. The van der Waals surface area contributed by atoms with Crippen LogP contribution < -0.4 is 26.2 Å². The van der Waals surface area contributed by atoms with E-state index in [2.05, 4.69) is 59.9 Å². The highest BCUT2D eigenvalue weighted by atomic mass is 16.2. The second-order valence-corrected chi connectivity index (χ2v) is 16.0. The van der Waals surface area contributed by atoms with Crippen molar-refractivity contribution in [2.24, 2.45) is 11.7 Å². The van der Waals surface area contributed by atoms with Crippen LogP contribution in [-0.2, 0) is 9.59 Å². The molecule has 9 rings (SSSR count). The van der Waals surface area contributed by atoms with Crippen molar-refractivity contribution >= 4 is 52.7 Å². The molecule has 4 fully saturated rings. The molecule has 1 unspecified atom stereocenters. The maximum Gasteiger partial charge on any atom is 0.273 e. The van der Waals surface area contributed by atoms with E-state index in [0.717, 1.165) is 48.1 Å². The number of carbonyl (C=O) groups is 5. The van der Waals surface area contributed by atoms with Gasteiger partial charge in [0.2, 0.25) is 17.8 Å². The highest BCUT2D eigenvalue weighted by Crippen LogP contribution is 2.34. The van der Waals surface area contributed by atoms with Gasteiger partial charge in [-0.15, -0.1) is 10.2 Å². The number of benzene rings is 2. The average molecular weight is 799 g/mol. The van der Waals surface area contributed by atoms with Crippen LogP contribution in [0, 0.1) is 5.92 Å². The SMILES string of the molecule is NC(=O)c1nnc(N2CCCCC2)nc1Nc1ccc(C2CCN(CC3CCC3)CC2)cc1.O=C1CCC(N2C(=O)c3ccc(N4C=CC=CC=C4)cc3C2=O)C(=O)N1. The summed E-state index contributed by atoms with van der Waals surface area (Å²) in [4.78, 5) is 72.9. The number of aromatic nitrogens is 3. The molecule has 0 radical (unpaired) electrons. The van der Waals surface area contributed by atoms with Gasteiger partial charge in [0, 0.05) is 49.8 Å². The number of nitrogens with one attached hydrogen (secondary N) is 2. The lowest BCUT2D eigenvalue weighted by atomic mass is 9.83. The zero-order valence-corrected chi connectivity index (χ0v) is 33.1. The Morgan fingerprint density at radius 3 is 2.15 bits per heavy atom. The van der Waals surface area contributed by atoms with Crippen LogP contribution in [0.1, 0.15) is 107 Å². The van der Waals surface area contributed by atoms with E-state index in [4.69, 9.17) is 5.73 Å². The lowest BCUT2D eigenvalue weighted by Gasteiger charge is -2.37. The molecule has 0 spiro atoms. The number of piperidine rings is 3. The van der Waals surface area contributed by atoms with Crippen LogP contribution in [-0.4, -0.2) is 93.3 Å². The molecule has 306 valence electrons. The summed E-state index contributed by atoms with van der Waals surface area (Å²) in [6.45, 7) is 5.52. The normalized spacial score (nSPS) is 21.1. The molecule has 6 aliphatic rings. The Balaban J connectivity index is 0.000000169. The zero-order chi connectivity index (χ0) is 40.9. The monoisotopic (exact) mass is 798 g/mol. The molecule has 2 aromatic carbocycles. The average Bonchev–Trinajstić information content (AvgIpc) is 3.39. The quantitative estimate of drug-likeness (QED) is 0.242. The molecular weight excluding hydrogens is 749 g/mol. The van der Waals surface area contributed by atoms with E-state index in [1.54, 1.807) is 18.2 Å². The number of fused-ring (bicyclic) bond motifs is 1. The van der Waals surface area contributed by atoms with Crippen molar-refractivity contribution in [3.05, 3.63) is 102 Å². The van der Waals surface area contributed by atoms with Crippen molar-refractivity contribution in [3.63, 3.8) is 0 Å². The summed E-state index contributed by atoms with van der Waals surface area (Å²) in [6, 6.07) is 12.5. The summed E-state index contributed by atoms with van der Waals surface area (Å²) in [5.41, 5.74) is 9.11. The molecule has 3 saturated heterocycles. The second kappa shape index (κ2) is 17.7. The van der Waals surface area contributed by atoms with Crippen LogP contribution in [0.5, 0.6) is 0 Å². The minimum Gasteiger partial charge on any atom is -0.364 e. The first kappa shape index (κ1) is 39.6. The zero-order valence-electron chi connectivity index (χ0n) is 33.1. The van der Waals surface area contributed by atoms with E-state index in [0.29, 0.717) is 17.7 Å². The van der Waals surface area contributed by atoms with Crippen molar-refractivity contribution in [1.82, 2.24) is 30.3 Å². The summed E-state index contributed by atoms with van der Waals surface area (Å²) in [7, 11) is 0. The number of imide groups is 2. The van der Waals surface area contributed by atoms with E-state index >= 15 is 0 Å². The Morgan fingerprint density at radius 1 is 0.780 bits per heavy atom. The number of hydrogen-bond donors (Lipinski definition) is 3. The first-order chi connectivity index (χ1) is 28.7. The predicted octanol–water partition coefficient (Wildman–Crippen LogP) is 5.18. The molecule has 15 nitrogen and oxygen atoms in total. The summed E-state index contributed by atoms with van der Waals surface area (Å²) < 4.78 is 0. The van der Waals surface area contributed by atoms with Crippen LogP contribution >= 0.6 is 0 Å². The summed E-state index contributed by atoms with van der Waals surface area (Å²) >= 11 is 0. The van der Waals surface area contributed by atoms with Crippen LogP contribution in [0.15, 0.2) is 79.2 Å². The van der Waals surface area contributed by atoms with Gasteiger partial charge < -0.3 is 25.8 Å². The van der Waals surface area contributed by atoms with Crippen LogP contribution in [0.4, 0.5) is 23.1 Å². The van der Waals surface area contributed by atoms with Crippen molar-refractivity contribution in [1.29, 1.82) is 0 Å². The van der Waals surface area contributed by atoms with Gasteiger partial charge in [-0.25, -0.2) is 0 Å². The van der Waals surface area contributed by atoms with Crippen molar-refractivity contribution in [2.45, 2.75) is 76.2 Å². The van der Waals surface area contributed by atoms with Gasteiger partial charge in [0.15, 0.2) is 11.5 Å². The molecule has 0 bridgehead atoms.